The van der Waals surface area contributed by atoms with Gasteiger partial charge in [-0.2, -0.15) is 11.8 Å². The van der Waals surface area contributed by atoms with Crippen molar-refractivity contribution < 1.29 is 4.74 Å². The molecule has 2 aliphatic rings. The zero-order valence-corrected chi connectivity index (χ0v) is 7.03. The maximum atomic E-state index is 5.48. The summed E-state index contributed by atoms with van der Waals surface area (Å²) in [7, 11) is 0. The van der Waals surface area contributed by atoms with Crippen molar-refractivity contribution in [1.29, 1.82) is 0 Å². The van der Waals surface area contributed by atoms with E-state index in [1.165, 1.54) is 25.0 Å². The van der Waals surface area contributed by atoms with E-state index in [-0.39, 0.29) is 0 Å². The van der Waals surface area contributed by atoms with Crippen LogP contribution in [0.2, 0.25) is 0 Å². The predicted octanol–water partition coefficient (Wildman–Crippen LogP) is 1.92. The third-order valence-corrected chi connectivity index (χ3v) is 3.73. The van der Waals surface area contributed by atoms with Crippen molar-refractivity contribution in [2.75, 3.05) is 19.0 Å². The average Bonchev–Trinajstić information content (AvgIpc) is 2.30. The smallest absolute Gasteiger partial charge is 0.0556 e. The second-order valence-electron chi connectivity index (χ2n) is 3.25. The summed E-state index contributed by atoms with van der Waals surface area (Å²) in [6.07, 6.45) is 4.28. The molecule has 0 N–H and O–H groups in total. The van der Waals surface area contributed by atoms with Crippen molar-refractivity contribution in [3.05, 3.63) is 0 Å². The van der Waals surface area contributed by atoms with Crippen LogP contribution in [-0.4, -0.2) is 24.2 Å². The molecular weight excluding hydrogens is 144 g/mol. The first-order valence-corrected chi connectivity index (χ1v) is 5.19. The molecule has 0 aromatic rings. The SMILES string of the molecule is C1CSC2CCC(CO1)C2. The third-order valence-electron chi connectivity index (χ3n) is 2.43. The van der Waals surface area contributed by atoms with Gasteiger partial charge in [0.2, 0.25) is 0 Å². The standard InChI is InChI=1S/C8H14OS/c1-2-8-5-7(1)6-9-3-4-10-8/h7-8H,1-6H2. The second-order valence-corrected chi connectivity index (χ2v) is 4.66. The van der Waals surface area contributed by atoms with Gasteiger partial charge in [-0.25, -0.2) is 0 Å². The van der Waals surface area contributed by atoms with E-state index in [1.807, 2.05) is 0 Å². The number of ether oxygens (including phenoxy) is 1. The van der Waals surface area contributed by atoms with Gasteiger partial charge in [0.1, 0.15) is 0 Å². The Morgan fingerprint density at radius 1 is 1.30 bits per heavy atom. The molecule has 2 bridgehead atoms. The minimum atomic E-state index is 0.901. The van der Waals surface area contributed by atoms with Crippen LogP contribution in [-0.2, 0) is 4.74 Å². The molecule has 1 saturated heterocycles. The lowest BCUT2D eigenvalue weighted by molar-refractivity contribution is 0.113. The summed E-state index contributed by atoms with van der Waals surface area (Å²) in [6.45, 7) is 2.02. The molecule has 0 aromatic carbocycles. The van der Waals surface area contributed by atoms with Crippen LogP contribution >= 0.6 is 11.8 Å². The van der Waals surface area contributed by atoms with E-state index in [2.05, 4.69) is 11.8 Å². The Bertz CT molecular complexity index is 104. The highest BCUT2D eigenvalue weighted by Crippen LogP contribution is 2.35. The first-order chi connectivity index (χ1) is 4.95. The van der Waals surface area contributed by atoms with Crippen LogP contribution in [0.3, 0.4) is 0 Å². The molecule has 0 amide bonds. The van der Waals surface area contributed by atoms with Crippen LogP contribution in [0.15, 0.2) is 0 Å². The van der Waals surface area contributed by atoms with Crippen LogP contribution in [0.1, 0.15) is 19.3 Å². The second kappa shape index (κ2) is 3.14. The Morgan fingerprint density at radius 3 is 3.30 bits per heavy atom. The lowest BCUT2D eigenvalue weighted by Gasteiger charge is -2.15. The summed E-state index contributed by atoms with van der Waals surface area (Å²) >= 11 is 2.11. The molecule has 2 fully saturated rings. The molecule has 2 atom stereocenters. The van der Waals surface area contributed by atoms with E-state index in [0.29, 0.717) is 0 Å². The fourth-order valence-electron chi connectivity index (χ4n) is 1.86. The molecule has 1 heterocycles. The molecule has 1 saturated carbocycles. The van der Waals surface area contributed by atoms with E-state index in [1.54, 1.807) is 0 Å². The van der Waals surface area contributed by atoms with Crippen LogP contribution in [0.25, 0.3) is 0 Å². The fourth-order valence-corrected chi connectivity index (χ4v) is 3.11. The van der Waals surface area contributed by atoms with E-state index < -0.39 is 0 Å². The summed E-state index contributed by atoms with van der Waals surface area (Å²) < 4.78 is 5.48. The lowest BCUT2D eigenvalue weighted by atomic mass is 10.1. The van der Waals surface area contributed by atoms with Gasteiger partial charge in [0.05, 0.1) is 6.61 Å². The summed E-state index contributed by atoms with van der Waals surface area (Å²) in [5.74, 6) is 2.12. The lowest BCUT2D eigenvalue weighted by Crippen LogP contribution is -2.12. The number of rotatable bonds is 0. The molecule has 1 aliphatic carbocycles. The van der Waals surface area contributed by atoms with Crippen molar-refractivity contribution in [2.24, 2.45) is 5.92 Å². The maximum absolute atomic E-state index is 5.48. The Hall–Kier alpha value is 0.310. The van der Waals surface area contributed by atoms with Crippen molar-refractivity contribution in [1.82, 2.24) is 0 Å². The predicted molar refractivity (Wildman–Crippen MR) is 44.4 cm³/mol. The molecule has 10 heavy (non-hydrogen) atoms. The monoisotopic (exact) mass is 158 g/mol. The van der Waals surface area contributed by atoms with Gasteiger partial charge in [0.15, 0.2) is 0 Å². The summed E-state index contributed by atoms with van der Waals surface area (Å²) in [6, 6.07) is 0. The van der Waals surface area contributed by atoms with Crippen molar-refractivity contribution in [3.8, 4) is 0 Å². The minimum Gasteiger partial charge on any atom is -0.380 e. The zero-order chi connectivity index (χ0) is 6.81. The number of fused-ring (bicyclic) bond motifs is 2. The molecule has 58 valence electrons. The first kappa shape index (κ1) is 6.99. The largest absolute Gasteiger partial charge is 0.380 e. The topological polar surface area (TPSA) is 9.23 Å². The molecule has 1 nitrogen and oxygen atoms in total. The molecule has 0 radical (unpaired) electrons. The van der Waals surface area contributed by atoms with Crippen molar-refractivity contribution in [2.45, 2.75) is 24.5 Å². The Morgan fingerprint density at radius 2 is 2.30 bits per heavy atom. The molecule has 1 aliphatic heterocycles. The quantitative estimate of drug-likeness (QED) is 0.532. The van der Waals surface area contributed by atoms with Crippen LogP contribution in [0, 0.1) is 5.92 Å². The van der Waals surface area contributed by atoms with E-state index in [9.17, 15) is 0 Å². The summed E-state index contributed by atoms with van der Waals surface area (Å²) in [5, 5.41) is 0.980. The maximum Gasteiger partial charge on any atom is 0.0556 e. The highest BCUT2D eigenvalue weighted by Gasteiger charge is 2.26. The van der Waals surface area contributed by atoms with E-state index >= 15 is 0 Å². The van der Waals surface area contributed by atoms with Crippen LogP contribution in [0.5, 0.6) is 0 Å². The zero-order valence-electron chi connectivity index (χ0n) is 6.21. The highest BCUT2D eigenvalue weighted by atomic mass is 32.2. The minimum absolute atomic E-state index is 0.901. The number of hydrogen-bond donors (Lipinski definition) is 0. The molecule has 2 heteroatoms. The van der Waals surface area contributed by atoms with Gasteiger partial charge in [-0.05, 0) is 25.2 Å². The van der Waals surface area contributed by atoms with Crippen molar-refractivity contribution >= 4 is 11.8 Å². The highest BCUT2D eigenvalue weighted by molar-refractivity contribution is 7.99. The Labute approximate surface area is 66.5 Å². The van der Waals surface area contributed by atoms with Gasteiger partial charge >= 0.3 is 0 Å². The Kier molecular flexibility index (Phi) is 2.19. The van der Waals surface area contributed by atoms with Crippen molar-refractivity contribution in [3.63, 3.8) is 0 Å². The third kappa shape index (κ3) is 1.48. The molecular formula is C8H14OS. The van der Waals surface area contributed by atoms with E-state index in [4.69, 9.17) is 4.74 Å². The van der Waals surface area contributed by atoms with Gasteiger partial charge in [-0.3, -0.25) is 0 Å². The van der Waals surface area contributed by atoms with Gasteiger partial charge in [-0.1, -0.05) is 0 Å². The number of hydrogen-bond acceptors (Lipinski definition) is 2. The summed E-state index contributed by atoms with van der Waals surface area (Å²) in [4.78, 5) is 0. The van der Waals surface area contributed by atoms with Gasteiger partial charge in [-0.15, -0.1) is 0 Å². The molecule has 2 rings (SSSR count). The van der Waals surface area contributed by atoms with Gasteiger partial charge in [0.25, 0.3) is 0 Å². The summed E-state index contributed by atoms with van der Waals surface area (Å²) in [5.41, 5.74) is 0. The fraction of sp³-hybridized carbons (Fsp3) is 1.00. The molecule has 2 unspecified atom stereocenters. The molecule has 0 aromatic heterocycles. The van der Waals surface area contributed by atoms with Gasteiger partial charge < -0.3 is 4.74 Å². The Balaban J connectivity index is 1.91. The van der Waals surface area contributed by atoms with E-state index in [0.717, 1.165) is 24.4 Å². The first-order valence-electron chi connectivity index (χ1n) is 4.14. The van der Waals surface area contributed by atoms with Gasteiger partial charge in [0, 0.05) is 17.6 Å². The van der Waals surface area contributed by atoms with Crippen LogP contribution in [0.4, 0.5) is 0 Å². The normalized spacial score (nSPS) is 40.8. The van der Waals surface area contributed by atoms with Crippen LogP contribution < -0.4 is 0 Å². The molecule has 0 spiro atoms. The number of thioether (sulfide) groups is 1. The average molecular weight is 158 g/mol.